The summed E-state index contributed by atoms with van der Waals surface area (Å²) in [6.07, 6.45) is 3.54. The second kappa shape index (κ2) is 12.1. The highest BCUT2D eigenvalue weighted by Gasteiger charge is 2.32. The molecule has 0 unspecified atom stereocenters. The Morgan fingerprint density at radius 2 is 1.74 bits per heavy atom. The number of amides is 2. The molecule has 0 aliphatic carbocycles. The quantitative estimate of drug-likeness (QED) is 0.542. The Morgan fingerprint density at radius 1 is 1.05 bits per heavy atom. The molecule has 0 saturated carbocycles. The summed E-state index contributed by atoms with van der Waals surface area (Å²) in [6, 6.07) is 6.11. The highest BCUT2D eigenvalue weighted by Crippen LogP contribution is 2.38. The van der Waals surface area contributed by atoms with Gasteiger partial charge in [0.05, 0.1) is 23.7 Å². The minimum absolute atomic E-state index is 0.0627. The number of ether oxygens (including phenoxy) is 1. The molecule has 1 aromatic carbocycles. The first-order valence-corrected chi connectivity index (χ1v) is 16.2. The topological polar surface area (TPSA) is 99.3 Å². The van der Waals surface area contributed by atoms with Crippen molar-refractivity contribution < 1.29 is 22.7 Å². The summed E-state index contributed by atoms with van der Waals surface area (Å²) < 4.78 is 33.2. The van der Waals surface area contributed by atoms with Gasteiger partial charge in [-0.15, -0.1) is 11.3 Å². The van der Waals surface area contributed by atoms with Crippen LogP contribution >= 0.6 is 11.3 Å². The average molecular weight is 575 g/mol. The fraction of sp³-hybridized carbons (Fsp3) is 0.571. The van der Waals surface area contributed by atoms with Gasteiger partial charge in [-0.05, 0) is 68.0 Å². The molecule has 0 radical (unpaired) electrons. The zero-order valence-corrected chi connectivity index (χ0v) is 24.4. The van der Waals surface area contributed by atoms with Crippen molar-refractivity contribution in [2.45, 2.75) is 51.0 Å². The Morgan fingerprint density at radius 3 is 2.41 bits per heavy atom. The van der Waals surface area contributed by atoms with Crippen LogP contribution in [0.5, 0.6) is 0 Å². The third-order valence-corrected chi connectivity index (χ3v) is 11.0. The van der Waals surface area contributed by atoms with Crippen LogP contribution in [0.2, 0.25) is 0 Å². The normalized spacial score (nSPS) is 19.6. The molecule has 3 aliphatic rings. The van der Waals surface area contributed by atoms with Crippen molar-refractivity contribution in [3.63, 3.8) is 0 Å². The van der Waals surface area contributed by atoms with Gasteiger partial charge in [0.1, 0.15) is 5.00 Å². The number of nitrogens with one attached hydrogen (secondary N) is 1. The van der Waals surface area contributed by atoms with E-state index in [4.69, 9.17) is 4.74 Å². The van der Waals surface area contributed by atoms with Gasteiger partial charge in [-0.1, -0.05) is 13.8 Å². The van der Waals surface area contributed by atoms with Gasteiger partial charge in [0.2, 0.25) is 10.0 Å². The molecule has 0 bridgehead atoms. The number of fused-ring (bicyclic) bond motifs is 1. The van der Waals surface area contributed by atoms with Crippen molar-refractivity contribution in [3.8, 4) is 0 Å². The highest BCUT2D eigenvalue weighted by atomic mass is 32.2. The van der Waals surface area contributed by atoms with E-state index < -0.39 is 10.0 Å². The number of sulfonamides is 1. The van der Waals surface area contributed by atoms with Crippen molar-refractivity contribution in [1.82, 2.24) is 14.1 Å². The van der Waals surface area contributed by atoms with Gasteiger partial charge in [-0.25, -0.2) is 8.42 Å². The number of nitrogens with zero attached hydrogens (tertiary/aromatic N) is 3. The first-order chi connectivity index (χ1) is 18.8. The zero-order valence-electron chi connectivity index (χ0n) is 22.8. The van der Waals surface area contributed by atoms with E-state index in [1.54, 1.807) is 17.0 Å². The predicted molar refractivity (Wildman–Crippen MR) is 152 cm³/mol. The summed E-state index contributed by atoms with van der Waals surface area (Å²) in [5, 5.41) is 3.57. The molecule has 5 rings (SSSR count). The monoisotopic (exact) mass is 574 g/mol. The molecule has 0 atom stereocenters. The van der Waals surface area contributed by atoms with Crippen LogP contribution in [0.3, 0.4) is 0 Å². The number of hydrogen-bond donors (Lipinski definition) is 1. The van der Waals surface area contributed by atoms with Crippen molar-refractivity contribution in [1.29, 1.82) is 0 Å². The summed E-state index contributed by atoms with van der Waals surface area (Å²) in [5.74, 6) is 0.110. The third-order valence-electron chi connectivity index (χ3n) is 7.91. The van der Waals surface area contributed by atoms with Gasteiger partial charge in [0.15, 0.2) is 0 Å². The number of carbonyl (C=O) groups is 2. The van der Waals surface area contributed by atoms with Gasteiger partial charge >= 0.3 is 0 Å². The van der Waals surface area contributed by atoms with Crippen LogP contribution in [0.1, 0.15) is 64.3 Å². The Labute approximate surface area is 235 Å². The largest absolute Gasteiger partial charge is 0.378 e. The molecule has 2 amide bonds. The maximum atomic E-state index is 13.6. The Bertz CT molecular complexity index is 1290. The first kappa shape index (κ1) is 28.2. The van der Waals surface area contributed by atoms with E-state index in [1.807, 2.05) is 0 Å². The van der Waals surface area contributed by atoms with E-state index in [0.717, 1.165) is 55.8 Å². The van der Waals surface area contributed by atoms with Gasteiger partial charge in [-0.3, -0.25) is 14.5 Å². The van der Waals surface area contributed by atoms with Crippen LogP contribution in [0.4, 0.5) is 5.00 Å². The van der Waals surface area contributed by atoms with E-state index in [9.17, 15) is 18.0 Å². The molecular weight excluding hydrogens is 536 g/mol. The van der Waals surface area contributed by atoms with Crippen LogP contribution in [-0.4, -0.2) is 86.8 Å². The van der Waals surface area contributed by atoms with Crippen molar-refractivity contribution in [2.24, 2.45) is 5.92 Å². The number of piperidine rings is 1. The molecule has 3 aliphatic heterocycles. The lowest BCUT2D eigenvalue weighted by Gasteiger charge is -2.29. The summed E-state index contributed by atoms with van der Waals surface area (Å²) in [4.78, 5) is 32.5. The van der Waals surface area contributed by atoms with Crippen molar-refractivity contribution in [3.05, 3.63) is 45.8 Å². The van der Waals surface area contributed by atoms with Gasteiger partial charge in [0, 0.05) is 49.7 Å². The molecule has 2 fully saturated rings. The number of morpholine rings is 1. The van der Waals surface area contributed by atoms with Crippen molar-refractivity contribution in [2.75, 3.05) is 57.8 Å². The second-order valence-corrected chi connectivity index (χ2v) is 13.7. The summed E-state index contributed by atoms with van der Waals surface area (Å²) in [6.45, 7) is 10.1. The lowest BCUT2D eigenvalue weighted by atomic mass is 10.0. The summed E-state index contributed by atoms with van der Waals surface area (Å²) in [7, 11) is -3.59. The number of anilines is 1. The van der Waals surface area contributed by atoms with Crippen LogP contribution in [-0.2, 0) is 27.7 Å². The summed E-state index contributed by atoms with van der Waals surface area (Å²) >= 11 is 1.48. The molecule has 9 nitrogen and oxygen atoms in total. The number of rotatable bonds is 7. The number of benzene rings is 1. The van der Waals surface area contributed by atoms with Crippen LogP contribution < -0.4 is 5.32 Å². The molecule has 1 aromatic heterocycles. The molecule has 11 heteroatoms. The predicted octanol–water partition coefficient (Wildman–Crippen LogP) is 3.66. The zero-order chi connectivity index (χ0) is 27.6. The molecule has 1 N–H and O–H groups in total. The second-order valence-electron chi connectivity index (χ2n) is 10.7. The molecule has 2 aromatic rings. The minimum atomic E-state index is -3.59. The van der Waals surface area contributed by atoms with Gasteiger partial charge in [0.25, 0.3) is 11.8 Å². The van der Waals surface area contributed by atoms with Crippen LogP contribution in [0.25, 0.3) is 0 Å². The lowest BCUT2D eigenvalue weighted by molar-refractivity contribution is 0.0302. The maximum Gasteiger partial charge on any atom is 0.257 e. The van der Waals surface area contributed by atoms with Crippen LogP contribution in [0, 0.1) is 5.92 Å². The number of thiophene rings is 1. The number of carbonyl (C=O) groups excluding carboxylic acids is 2. The van der Waals surface area contributed by atoms with Gasteiger partial charge < -0.3 is 15.0 Å². The van der Waals surface area contributed by atoms with E-state index in [0.29, 0.717) is 61.4 Å². The van der Waals surface area contributed by atoms with E-state index >= 15 is 0 Å². The number of hydrogen-bond acceptors (Lipinski definition) is 7. The third kappa shape index (κ3) is 6.07. The maximum absolute atomic E-state index is 13.6. The average Bonchev–Trinajstić information content (AvgIpc) is 3.30. The Balaban J connectivity index is 1.37. The Kier molecular flexibility index (Phi) is 8.72. The molecule has 212 valence electrons. The fourth-order valence-corrected chi connectivity index (χ4v) is 8.28. The van der Waals surface area contributed by atoms with Crippen molar-refractivity contribution >= 4 is 38.2 Å². The van der Waals surface area contributed by atoms with Gasteiger partial charge in [-0.2, -0.15) is 4.31 Å². The molecule has 2 saturated heterocycles. The SMILES string of the molecule is CCCN1CCc2c(sc(NC(=O)c3ccc(S(=O)(=O)N4CCC(C)CC4)cc3)c2C(=O)N2CCOCC2)C1. The van der Waals surface area contributed by atoms with Crippen LogP contribution in [0.15, 0.2) is 29.2 Å². The Hall–Kier alpha value is -2.31. The summed E-state index contributed by atoms with van der Waals surface area (Å²) in [5.41, 5.74) is 1.99. The first-order valence-electron chi connectivity index (χ1n) is 13.9. The molecule has 39 heavy (non-hydrogen) atoms. The fourth-order valence-electron chi connectivity index (χ4n) is 5.53. The minimum Gasteiger partial charge on any atom is -0.378 e. The van der Waals surface area contributed by atoms with E-state index in [1.165, 1.54) is 27.8 Å². The van der Waals surface area contributed by atoms with E-state index in [-0.39, 0.29) is 16.7 Å². The standard InChI is InChI=1S/C28H38N4O5S2/c1-3-11-30-12-10-23-24(19-30)38-27(25(23)28(34)31-15-17-37-18-16-31)29-26(33)21-4-6-22(7-5-21)39(35,36)32-13-8-20(2)9-14-32/h4-7,20H,3,8-19H2,1-2H3,(H,29,33). The molecular formula is C28H38N4O5S2. The molecule has 0 spiro atoms. The highest BCUT2D eigenvalue weighted by molar-refractivity contribution is 7.89. The smallest absolute Gasteiger partial charge is 0.257 e. The van der Waals surface area contributed by atoms with E-state index in [2.05, 4.69) is 24.1 Å². The molecule has 4 heterocycles. The lowest BCUT2D eigenvalue weighted by Crippen LogP contribution is -2.41.